The van der Waals surface area contributed by atoms with Gasteiger partial charge in [0.05, 0.1) is 11.1 Å². The fraction of sp³-hybridized carbons (Fsp3) is 1.00. The summed E-state index contributed by atoms with van der Waals surface area (Å²) in [5, 5.41) is 0. The summed E-state index contributed by atoms with van der Waals surface area (Å²) in [6.45, 7) is 0. The zero-order chi connectivity index (χ0) is 4.12. The van der Waals surface area contributed by atoms with Gasteiger partial charge >= 0.3 is 0 Å². The van der Waals surface area contributed by atoms with Crippen molar-refractivity contribution >= 4 is 44.9 Å². The Kier molecular flexibility index (Phi) is 6.89. The van der Waals surface area contributed by atoms with E-state index < -0.39 is 0 Å². The van der Waals surface area contributed by atoms with E-state index in [0.717, 1.165) is 0 Å². The highest BCUT2D eigenvalue weighted by Crippen LogP contribution is 2.20. The molecule has 0 unspecified atom stereocenters. The van der Waals surface area contributed by atoms with Crippen LogP contribution in [0.3, 0.4) is 0 Å². The van der Waals surface area contributed by atoms with Crippen molar-refractivity contribution in [3.8, 4) is 0 Å². The summed E-state index contributed by atoms with van der Waals surface area (Å²) in [6.07, 6.45) is 1.96. The Bertz CT molecular complexity index is 17.1. The molecule has 4 heteroatoms. The summed E-state index contributed by atoms with van der Waals surface area (Å²) in [5.74, 6) is 0. The van der Waals surface area contributed by atoms with E-state index in [-0.39, 0.29) is 0 Å². The number of hydrogen-bond donors (Lipinski definition) is 0. The predicted octanol–water partition coefficient (Wildman–Crippen LogP) is 2.28. The van der Waals surface area contributed by atoms with E-state index >= 15 is 0 Å². The van der Waals surface area contributed by atoms with Gasteiger partial charge in [0, 0.05) is 0 Å². The summed E-state index contributed by atoms with van der Waals surface area (Å²) in [7, 11) is 1.59. The largest absolute Gasteiger partial charge is 0.236 e. The quantitative estimate of drug-likeness (QED) is 0.403. The van der Waals surface area contributed by atoms with E-state index in [0.29, 0.717) is 0 Å². The molecule has 0 saturated carbocycles. The first-order valence-corrected chi connectivity index (χ1v) is 4.26. The Morgan fingerprint density at radius 1 is 1.80 bits per heavy atom. The van der Waals surface area contributed by atoms with Crippen molar-refractivity contribution in [1.82, 2.24) is 0 Å². The van der Waals surface area contributed by atoms with Crippen molar-refractivity contribution in [3.63, 3.8) is 0 Å². The van der Waals surface area contributed by atoms with Gasteiger partial charge in [-0.25, -0.2) is 2.51 Å². The minimum absolute atomic E-state index is 1.37. The molecule has 0 aromatic carbocycles. The van der Waals surface area contributed by atoms with Crippen molar-refractivity contribution in [3.05, 3.63) is 0 Å². The Labute approximate surface area is 53.5 Å². The van der Waals surface area contributed by atoms with Gasteiger partial charge < -0.3 is 0 Å². The fourth-order valence-corrected chi connectivity index (χ4v) is 1.55. The number of halogens is 1. The van der Waals surface area contributed by atoms with Crippen molar-refractivity contribution < 1.29 is 2.51 Å². The van der Waals surface area contributed by atoms with Crippen LogP contribution in [-0.2, 0) is 2.51 Å². The lowest BCUT2D eigenvalue weighted by atomic mass is 12.0. The standard InChI is InChI=1S/CH3IOS2/c1-4-5-3-2/h1H3. The molecule has 0 atom stereocenters. The lowest BCUT2D eigenvalue weighted by Gasteiger charge is -1.78. The summed E-state index contributed by atoms with van der Waals surface area (Å²) >= 11 is 3.20. The molecule has 0 aliphatic rings. The highest BCUT2D eigenvalue weighted by molar-refractivity contribution is 14.1. The van der Waals surface area contributed by atoms with Crippen LogP contribution in [0.25, 0.3) is 0 Å². The molecular formula is CH3IOS2. The van der Waals surface area contributed by atoms with Crippen LogP contribution in [0.4, 0.5) is 0 Å². The van der Waals surface area contributed by atoms with Gasteiger partial charge in [0.2, 0.25) is 0 Å². The zero-order valence-electron chi connectivity index (χ0n) is 2.60. The van der Waals surface area contributed by atoms with Crippen LogP contribution < -0.4 is 0 Å². The van der Waals surface area contributed by atoms with Gasteiger partial charge in [0.1, 0.15) is 23.0 Å². The van der Waals surface area contributed by atoms with Crippen molar-refractivity contribution in [2.24, 2.45) is 0 Å². The van der Waals surface area contributed by atoms with Gasteiger partial charge in [0.15, 0.2) is 0 Å². The van der Waals surface area contributed by atoms with Crippen LogP contribution in [-0.4, -0.2) is 6.26 Å². The Morgan fingerprint density at radius 2 is 2.40 bits per heavy atom. The van der Waals surface area contributed by atoms with Crippen LogP contribution in [0.15, 0.2) is 0 Å². The SMILES string of the molecule is CSSOI. The van der Waals surface area contributed by atoms with Crippen LogP contribution >= 0.6 is 44.9 Å². The second kappa shape index (κ2) is 5.39. The molecule has 32 valence electrons. The van der Waals surface area contributed by atoms with Crippen LogP contribution in [0, 0.1) is 0 Å². The highest BCUT2D eigenvalue weighted by atomic mass is 127. The Hall–Kier alpha value is 1.39. The summed E-state index contributed by atoms with van der Waals surface area (Å²) < 4.78 is 4.54. The molecule has 0 aliphatic carbocycles. The van der Waals surface area contributed by atoms with Gasteiger partial charge in [-0.05, 0) is 6.26 Å². The first-order chi connectivity index (χ1) is 2.41. The number of rotatable bonds is 2. The maximum atomic E-state index is 4.54. The molecule has 0 aliphatic heterocycles. The third-order valence-corrected chi connectivity index (χ3v) is 2.17. The fourth-order valence-electron chi connectivity index (χ4n) is 0.0257. The second-order valence-corrected chi connectivity index (χ2v) is 3.38. The molecule has 0 radical (unpaired) electrons. The average molecular weight is 222 g/mol. The van der Waals surface area contributed by atoms with Gasteiger partial charge in [-0.1, -0.05) is 10.8 Å². The maximum absolute atomic E-state index is 4.54. The van der Waals surface area contributed by atoms with Crippen LogP contribution in [0.2, 0.25) is 0 Å². The van der Waals surface area contributed by atoms with Crippen molar-refractivity contribution in [2.45, 2.75) is 0 Å². The van der Waals surface area contributed by atoms with E-state index in [4.69, 9.17) is 0 Å². The van der Waals surface area contributed by atoms with Gasteiger partial charge in [0.25, 0.3) is 0 Å². The summed E-state index contributed by atoms with van der Waals surface area (Å²) in [4.78, 5) is 0. The third-order valence-electron chi connectivity index (χ3n) is 0.0938. The molecule has 0 aromatic rings. The molecule has 0 bridgehead atoms. The summed E-state index contributed by atoms with van der Waals surface area (Å²) in [5.41, 5.74) is 0. The molecule has 0 N–H and O–H groups in total. The molecule has 1 nitrogen and oxygen atoms in total. The first kappa shape index (κ1) is 6.39. The van der Waals surface area contributed by atoms with Gasteiger partial charge in [-0.2, -0.15) is 0 Å². The highest BCUT2D eigenvalue weighted by Gasteiger charge is 1.70. The molecule has 0 spiro atoms. The first-order valence-electron chi connectivity index (χ1n) is 0.896. The molecule has 0 saturated heterocycles. The molecule has 0 aromatic heterocycles. The van der Waals surface area contributed by atoms with E-state index in [2.05, 4.69) is 2.51 Å². The van der Waals surface area contributed by atoms with E-state index in [9.17, 15) is 0 Å². The Balaban J connectivity index is 2.19. The smallest absolute Gasteiger partial charge is 0.128 e. The van der Waals surface area contributed by atoms with Crippen LogP contribution in [0.5, 0.6) is 0 Å². The lowest BCUT2D eigenvalue weighted by Crippen LogP contribution is -1.37. The molecule has 5 heavy (non-hydrogen) atoms. The molecular weight excluding hydrogens is 219 g/mol. The Morgan fingerprint density at radius 3 is 2.40 bits per heavy atom. The average Bonchev–Trinajstić information content (AvgIpc) is 1.41. The van der Waals surface area contributed by atoms with E-state index in [1.165, 1.54) is 11.1 Å². The molecule has 0 fully saturated rings. The number of hydrogen-bond acceptors (Lipinski definition) is 3. The zero-order valence-corrected chi connectivity index (χ0v) is 6.39. The predicted molar refractivity (Wildman–Crippen MR) is 36.2 cm³/mol. The molecule has 0 amide bonds. The summed E-state index contributed by atoms with van der Waals surface area (Å²) in [6, 6.07) is 0. The topological polar surface area (TPSA) is 9.23 Å². The van der Waals surface area contributed by atoms with E-state index in [1.54, 1.807) is 10.8 Å². The minimum Gasteiger partial charge on any atom is -0.236 e. The minimum atomic E-state index is 1.37. The van der Waals surface area contributed by atoms with Crippen LogP contribution in [0.1, 0.15) is 0 Å². The van der Waals surface area contributed by atoms with Crippen molar-refractivity contribution in [2.75, 3.05) is 6.26 Å². The second-order valence-electron chi connectivity index (χ2n) is 0.298. The van der Waals surface area contributed by atoms with Gasteiger partial charge in [-0.15, -0.1) is 0 Å². The van der Waals surface area contributed by atoms with Crippen molar-refractivity contribution in [1.29, 1.82) is 0 Å². The monoisotopic (exact) mass is 222 g/mol. The molecule has 0 rings (SSSR count). The normalized spacial score (nSPS) is 8.40. The lowest BCUT2D eigenvalue weighted by molar-refractivity contribution is 0.857. The third kappa shape index (κ3) is 5.39. The molecule has 0 heterocycles. The van der Waals surface area contributed by atoms with Gasteiger partial charge in [-0.3, -0.25) is 0 Å². The van der Waals surface area contributed by atoms with E-state index in [1.807, 2.05) is 29.3 Å². The maximum Gasteiger partial charge on any atom is 0.128 e.